The minimum Gasteiger partial charge on any atom is -0.302 e. The molecule has 1 aromatic rings. The fourth-order valence-electron chi connectivity index (χ4n) is 2.92. The lowest BCUT2D eigenvalue weighted by Crippen LogP contribution is -2.45. The van der Waals surface area contributed by atoms with Crippen LogP contribution in [0.1, 0.15) is 31.2 Å². The number of aromatic nitrogens is 2. The van der Waals surface area contributed by atoms with Gasteiger partial charge in [-0.1, -0.05) is 6.42 Å². The van der Waals surface area contributed by atoms with Gasteiger partial charge < -0.3 is 5.32 Å². The number of alkyl halides is 3. The average Bonchev–Trinajstić information content (AvgIpc) is 3.02. The number of nitrogens with zero attached hydrogens (tertiary/aromatic N) is 3. The number of hydrogen-bond acceptors (Lipinski definition) is 3. The molecule has 1 fully saturated rings. The molecule has 2 unspecified atom stereocenters. The molecule has 0 radical (unpaired) electrons. The first kappa shape index (κ1) is 14.9. The Morgan fingerprint density at radius 2 is 2.35 bits per heavy atom. The SMILES string of the molecule is CNC1(C#N)CCCC1CCn1cc(C(F)(F)F)cn1. The van der Waals surface area contributed by atoms with Crippen molar-refractivity contribution in [2.75, 3.05) is 7.05 Å². The van der Waals surface area contributed by atoms with Crippen LogP contribution >= 0.6 is 0 Å². The fraction of sp³-hybridized carbons (Fsp3) is 0.692. The molecular weight excluding hydrogens is 269 g/mol. The molecule has 1 N–H and O–H groups in total. The van der Waals surface area contributed by atoms with Crippen molar-refractivity contribution in [3.63, 3.8) is 0 Å². The summed E-state index contributed by atoms with van der Waals surface area (Å²) in [6.07, 6.45) is 0.818. The first-order valence-electron chi connectivity index (χ1n) is 6.61. The molecule has 0 aliphatic heterocycles. The summed E-state index contributed by atoms with van der Waals surface area (Å²) >= 11 is 0. The summed E-state index contributed by atoms with van der Waals surface area (Å²) < 4.78 is 38.7. The summed E-state index contributed by atoms with van der Waals surface area (Å²) in [4.78, 5) is 0. The Kier molecular flexibility index (Phi) is 4.04. The molecule has 1 saturated carbocycles. The van der Waals surface area contributed by atoms with Crippen LogP contribution in [-0.2, 0) is 12.7 Å². The molecular formula is C13H17F3N4. The molecule has 0 aromatic carbocycles. The lowest BCUT2D eigenvalue weighted by Gasteiger charge is -2.28. The zero-order valence-corrected chi connectivity index (χ0v) is 11.2. The van der Waals surface area contributed by atoms with Gasteiger partial charge in [-0.25, -0.2) is 0 Å². The number of nitriles is 1. The second kappa shape index (κ2) is 5.44. The molecule has 0 amide bonds. The highest BCUT2D eigenvalue weighted by Gasteiger charge is 2.41. The van der Waals surface area contributed by atoms with Crippen LogP contribution in [0.4, 0.5) is 13.2 Å². The molecule has 1 aromatic heterocycles. The number of nitrogens with one attached hydrogen (secondary N) is 1. The van der Waals surface area contributed by atoms with Crippen LogP contribution in [-0.4, -0.2) is 22.4 Å². The minimum atomic E-state index is -4.35. The standard InChI is InChI=1S/C13H17F3N4/c1-18-12(9-17)5-2-3-10(12)4-6-20-8-11(7-19-20)13(14,15)16/h7-8,10,18H,2-6H2,1H3. The van der Waals surface area contributed by atoms with Gasteiger partial charge in [0, 0.05) is 12.7 Å². The Morgan fingerprint density at radius 1 is 1.60 bits per heavy atom. The van der Waals surface area contributed by atoms with E-state index in [0.717, 1.165) is 31.7 Å². The van der Waals surface area contributed by atoms with Crippen LogP contribution in [0.25, 0.3) is 0 Å². The van der Waals surface area contributed by atoms with Crippen molar-refractivity contribution in [1.29, 1.82) is 5.26 Å². The molecule has 0 spiro atoms. The van der Waals surface area contributed by atoms with Crippen molar-refractivity contribution in [1.82, 2.24) is 15.1 Å². The Balaban J connectivity index is 1.99. The van der Waals surface area contributed by atoms with E-state index >= 15 is 0 Å². The van der Waals surface area contributed by atoms with Gasteiger partial charge in [0.05, 0.1) is 17.8 Å². The van der Waals surface area contributed by atoms with Crippen LogP contribution in [0.15, 0.2) is 12.4 Å². The second-order valence-corrected chi connectivity index (χ2v) is 5.20. The summed E-state index contributed by atoms with van der Waals surface area (Å²) in [6.45, 7) is 0.395. The first-order chi connectivity index (χ1) is 9.41. The zero-order chi connectivity index (χ0) is 14.8. The van der Waals surface area contributed by atoms with Crippen molar-refractivity contribution in [2.45, 2.75) is 43.9 Å². The Hall–Kier alpha value is -1.55. The van der Waals surface area contributed by atoms with Crippen molar-refractivity contribution < 1.29 is 13.2 Å². The molecule has 0 bridgehead atoms. The van der Waals surface area contributed by atoms with E-state index in [1.54, 1.807) is 7.05 Å². The molecule has 1 aliphatic rings. The highest BCUT2D eigenvalue weighted by Crippen LogP contribution is 2.37. The largest absolute Gasteiger partial charge is 0.419 e. The van der Waals surface area contributed by atoms with E-state index < -0.39 is 17.3 Å². The van der Waals surface area contributed by atoms with E-state index in [1.807, 2.05) is 0 Å². The topological polar surface area (TPSA) is 53.6 Å². The molecule has 7 heteroatoms. The smallest absolute Gasteiger partial charge is 0.302 e. The zero-order valence-electron chi connectivity index (χ0n) is 11.2. The maximum absolute atomic E-state index is 12.5. The van der Waals surface area contributed by atoms with Gasteiger partial charge in [0.25, 0.3) is 0 Å². The van der Waals surface area contributed by atoms with Gasteiger partial charge in [-0.15, -0.1) is 0 Å². The second-order valence-electron chi connectivity index (χ2n) is 5.20. The maximum Gasteiger partial charge on any atom is 0.419 e. The maximum atomic E-state index is 12.5. The summed E-state index contributed by atoms with van der Waals surface area (Å²) in [7, 11) is 1.76. The van der Waals surface area contributed by atoms with Crippen molar-refractivity contribution in [3.05, 3.63) is 18.0 Å². The van der Waals surface area contributed by atoms with E-state index in [0.29, 0.717) is 13.0 Å². The van der Waals surface area contributed by atoms with Crippen LogP contribution < -0.4 is 5.32 Å². The first-order valence-corrected chi connectivity index (χ1v) is 6.61. The van der Waals surface area contributed by atoms with Crippen LogP contribution in [0.2, 0.25) is 0 Å². The number of rotatable bonds is 4. The Labute approximate surface area is 115 Å². The monoisotopic (exact) mass is 286 g/mol. The van der Waals surface area contributed by atoms with E-state index in [4.69, 9.17) is 0 Å². The molecule has 1 heterocycles. The van der Waals surface area contributed by atoms with Gasteiger partial charge >= 0.3 is 6.18 Å². The summed E-state index contributed by atoms with van der Waals surface area (Å²) in [5, 5.41) is 16.1. The fourth-order valence-corrected chi connectivity index (χ4v) is 2.92. The molecule has 110 valence electrons. The third-order valence-electron chi connectivity index (χ3n) is 4.13. The predicted molar refractivity (Wildman–Crippen MR) is 66.6 cm³/mol. The van der Waals surface area contributed by atoms with Crippen molar-refractivity contribution >= 4 is 0 Å². The van der Waals surface area contributed by atoms with Crippen LogP contribution in [0.5, 0.6) is 0 Å². The van der Waals surface area contributed by atoms with Gasteiger partial charge in [-0.05, 0) is 32.2 Å². The van der Waals surface area contributed by atoms with E-state index in [9.17, 15) is 18.4 Å². The molecule has 1 aliphatic carbocycles. The van der Waals surface area contributed by atoms with Crippen LogP contribution in [0.3, 0.4) is 0 Å². The molecule has 0 saturated heterocycles. The van der Waals surface area contributed by atoms with Gasteiger partial charge in [0.2, 0.25) is 0 Å². The third-order valence-corrected chi connectivity index (χ3v) is 4.13. The number of aryl methyl sites for hydroxylation is 1. The average molecular weight is 286 g/mol. The molecule has 20 heavy (non-hydrogen) atoms. The normalized spacial score (nSPS) is 26.6. The lowest BCUT2D eigenvalue weighted by molar-refractivity contribution is -0.137. The highest BCUT2D eigenvalue weighted by molar-refractivity contribution is 5.13. The molecule has 2 atom stereocenters. The quantitative estimate of drug-likeness (QED) is 0.925. The predicted octanol–water partition coefficient (Wildman–Crippen LogP) is 2.57. The Bertz CT molecular complexity index is 502. The highest BCUT2D eigenvalue weighted by atomic mass is 19.4. The summed E-state index contributed by atoms with van der Waals surface area (Å²) in [6, 6.07) is 2.32. The van der Waals surface area contributed by atoms with Crippen molar-refractivity contribution in [3.8, 4) is 6.07 Å². The van der Waals surface area contributed by atoms with Gasteiger partial charge in [0.15, 0.2) is 0 Å². The van der Waals surface area contributed by atoms with E-state index in [1.165, 1.54) is 4.68 Å². The summed E-state index contributed by atoms with van der Waals surface area (Å²) in [5.41, 5.74) is -1.27. The molecule has 2 rings (SSSR count). The Morgan fingerprint density at radius 3 is 2.90 bits per heavy atom. The number of hydrogen-bond donors (Lipinski definition) is 1. The lowest BCUT2D eigenvalue weighted by atomic mass is 9.86. The number of halogens is 3. The minimum absolute atomic E-state index is 0.149. The van der Waals surface area contributed by atoms with Crippen LogP contribution in [0, 0.1) is 17.2 Å². The third kappa shape index (κ3) is 2.80. The molecule has 4 nitrogen and oxygen atoms in total. The van der Waals surface area contributed by atoms with Gasteiger partial charge in [0.1, 0.15) is 5.54 Å². The van der Waals surface area contributed by atoms with E-state index in [2.05, 4.69) is 16.5 Å². The van der Waals surface area contributed by atoms with Gasteiger partial charge in [-0.2, -0.15) is 23.5 Å². The van der Waals surface area contributed by atoms with Crippen molar-refractivity contribution in [2.24, 2.45) is 5.92 Å². The van der Waals surface area contributed by atoms with Gasteiger partial charge in [-0.3, -0.25) is 4.68 Å². The summed E-state index contributed by atoms with van der Waals surface area (Å²) in [5.74, 6) is 0.149. The van der Waals surface area contributed by atoms with E-state index in [-0.39, 0.29) is 5.92 Å².